The highest BCUT2D eigenvalue weighted by molar-refractivity contribution is 7.18. The molecule has 0 saturated heterocycles. The molecule has 28 heavy (non-hydrogen) atoms. The average Bonchev–Trinajstić information content (AvgIpc) is 3.08. The summed E-state index contributed by atoms with van der Waals surface area (Å²) in [6.45, 7) is 4.41. The molecule has 0 unspecified atom stereocenters. The molecule has 0 saturated carbocycles. The molecule has 6 heteroatoms. The van der Waals surface area contributed by atoms with Crippen molar-refractivity contribution in [2.24, 2.45) is 5.92 Å². The van der Waals surface area contributed by atoms with Gasteiger partial charge in [0.2, 0.25) is 0 Å². The number of fused-ring (bicyclic) bond motifs is 1. The Morgan fingerprint density at radius 2 is 1.82 bits per heavy atom. The van der Waals surface area contributed by atoms with Gasteiger partial charge in [0.05, 0.1) is 22.3 Å². The monoisotopic (exact) mass is 396 g/mol. The van der Waals surface area contributed by atoms with Gasteiger partial charge in [0.15, 0.2) is 6.61 Å². The summed E-state index contributed by atoms with van der Waals surface area (Å²) in [4.78, 5) is 30.5. The van der Waals surface area contributed by atoms with Crippen LogP contribution in [0, 0.1) is 5.92 Å². The molecule has 5 nitrogen and oxygen atoms in total. The molecule has 0 atom stereocenters. The molecule has 0 aliphatic carbocycles. The second-order valence-electron chi connectivity index (χ2n) is 7.20. The van der Waals surface area contributed by atoms with Gasteiger partial charge in [-0.15, -0.1) is 11.3 Å². The lowest BCUT2D eigenvalue weighted by atomic mass is 10.0. The molecule has 0 aliphatic heterocycles. The minimum absolute atomic E-state index is 0.260. The van der Waals surface area contributed by atoms with Crippen molar-refractivity contribution in [3.05, 3.63) is 64.7 Å². The SMILES string of the molecule is CC(C)Cc1ccc(C(=O)OCC(=O)N(C)Cc2nc3ccccc3s2)cc1. The first-order valence-corrected chi connectivity index (χ1v) is 10.1. The average molecular weight is 397 g/mol. The van der Waals surface area contributed by atoms with Crippen molar-refractivity contribution in [3.8, 4) is 0 Å². The third-order valence-electron chi connectivity index (χ3n) is 4.30. The van der Waals surface area contributed by atoms with Crippen molar-refractivity contribution in [1.29, 1.82) is 0 Å². The number of aromatic nitrogens is 1. The van der Waals surface area contributed by atoms with Gasteiger partial charge in [-0.1, -0.05) is 38.1 Å². The standard InChI is InChI=1S/C22H24N2O3S/c1-15(2)12-16-8-10-17(11-9-16)22(26)27-14-21(25)24(3)13-20-23-18-6-4-5-7-19(18)28-20/h4-11,15H,12-14H2,1-3H3. The van der Waals surface area contributed by atoms with Crippen LogP contribution >= 0.6 is 11.3 Å². The van der Waals surface area contributed by atoms with Crippen LogP contribution in [0.2, 0.25) is 0 Å². The quantitative estimate of drug-likeness (QED) is 0.559. The Labute approximate surface area is 169 Å². The number of ether oxygens (including phenoxy) is 1. The van der Waals surface area contributed by atoms with Crippen LogP contribution in [0.5, 0.6) is 0 Å². The van der Waals surface area contributed by atoms with Gasteiger partial charge in [0.25, 0.3) is 5.91 Å². The summed E-state index contributed by atoms with van der Waals surface area (Å²) in [6, 6.07) is 15.2. The van der Waals surface area contributed by atoms with Crippen molar-refractivity contribution in [1.82, 2.24) is 9.88 Å². The second-order valence-corrected chi connectivity index (χ2v) is 8.31. The van der Waals surface area contributed by atoms with Crippen LogP contribution in [0.1, 0.15) is 34.8 Å². The van der Waals surface area contributed by atoms with E-state index in [-0.39, 0.29) is 12.5 Å². The Morgan fingerprint density at radius 3 is 2.50 bits per heavy atom. The second kappa shape index (κ2) is 8.97. The molecule has 0 N–H and O–H groups in total. The van der Waals surface area contributed by atoms with Gasteiger partial charge in [-0.3, -0.25) is 4.79 Å². The fraction of sp³-hybridized carbons (Fsp3) is 0.318. The minimum Gasteiger partial charge on any atom is -0.452 e. The Kier molecular flexibility index (Phi) is 6.41. The van der Waals surface area contributed by atoms with E-state index in [1.165, 1.54) is 10.5 Å². The highest BCUT2D eigenvalue weighted by Gasteiger charge is 2.15. The van der Waals surface area contributed by atoms with Crippen LogP contribution in [-0.4, -0.2) is 35.4 Å². The number of likely N-dealkylation sites (N-methyl/N-ethyl adjacent to an activating group) is 1. The third-order valence-corrected chi connectivity index (χ3v) is 5.32. The largest absolute Gasteiger partial charge is 0.452 e. The molecule has 0 bridgehead atoms. The van der Waals surface area contributed by atoms with Crippen molar-refractivity contribution < 1.29 is 14.3 Å². The Morgan fingerprint density at radius 1 is 1.11 bits per heavy atom. The fourth-order valence-electron chi connectivity index (χ4n) is 2.85. The molecular weight excluding hydrogens is 372 g/mol. The number of carbonyl (C=O) groups excluding carboxylic acids is 2. The van der Waals surface area contributed by atoms with Crippen LogP contribution in [0.3, 0.4) is 0 Å². The molecule has 0 spiro atoms. The third kappa shape index (κ3) is 5.16. The van der Waals surface area contributed by atoms with E-state index < -0.39 is 5.97 Å². The van der Waals surface area contributed by atoms with Crippen molar-refractivity contribution in [3.63, 3.8) is 0 Å². The van der Waals surface area contributed by atoms with Gasteiger partial charge in [-0.25, -0.2) is 9.78 Å². The van der Waals surface area contributed by atoms with Crippen LogP contribution in [0.4, 0.5) is 0 Å². The summed E-state index contributed by atoms with van der Waals surface area (Å²) in [5.41, 5.74) is 2.56. The molecule has 3 aromatic rings. The zero-order valence-corrected chi connectivity index (χ0v) is 17.2. The normalized spacial score (nSPS) is 11.0. The highest BCUT2D eigenvalue weighted by atomic mass is 32.1. The molecular formula is C22H24N2O3S. The van der Waals surface area contributed by atoms with Crippen LogP contribution in [0.15, 0.2) is 48.5 Å². The summed E-state index contributed by atoms with van der Waals surface area (Å²) >= 11 is 1.56. The van der Waals surface area contributed by atoms with Gasteiger partial charge in [0, 0.05) is 7.05 Å². The highest BCUT2D eigenvalue weighted by Crippen LogP contribution is 2.22. The molecule has 3 rings (SSSR count). The number of carbonyl (C=O) groups is 2. The molecule has 1 amide bonds. The van der Waals surface area contributed by atoms with E-state index in [9.17, 15) is 9.59 Å². The predicted molar refractivity (Wildman–Crippen MR) is 111 cm³/mol. The van der Waals surface area contributed by atoms with Gasteiger partial charge in [-0.05, 0) is 42.2 Å². The van der Waals surface area contributed by atoms with E-state index in [0.29, 0.717) is 18.0 Å². The molecule has 2 aromatic carbocycles. The number of thiazole rings is 1. The number of amides is 1. The number of para-hydroxylation sites is 1. The van der Waals surface area contributed by atoms with E-state index in [2.05, 4.69) is 18.8 Å². The number of benzene rings is 2. The van der Waals surface area contributed by atoms with Crippen LogP contribution < -0.4 is 0 Å². The van der Waals surface area contributed by atoms with E-state index in [4.69, 9.17) is 4.74 Å². The molecule has 146 valence electrons. The summed E-state index contributed by atoms with van der Waals surface area (Å²) in [5, 5.41) is 0.851. The Balaban J connectivity index is 1.51. The van der Waals surface area contributed by atoms with E-state index >= 15 is 0 Å². The summed E-state index contributed by atoms with van der Waals surface area (Å²) in [6.07, 6.45) is 0.963. The summed E-state index contributed by atoms with van der Waals surface area (Å²) in [5.74, 6) is -0.191. The summed E-state index contributed by atoms with van der Waals surface area (Å²) < 4.78 is 6.27. The zero-order chi connectivity index (χ0) is 20.1. The van der Waals surface area contributed by atoms with Crippen LogP contribution in [0.25, 0.3) is 10.2 Å². The lowest BCUT2D eigenvalue weighted by Gasteiger charge is -2.15. The molecule has 0 radical (unpaired) electrons. The number of esters is 1. The Bertz CT molecular complexity index is 930. The van der Waals surface area contributed by atoms with Gasteiger partial charge in [0.1, 0.15) is 5.01 Å². The Hall–Kier alpha value is -2.73. The fourth-order valence-corrected chi connectivity index (χ4v) is 3.87. The molecule has 1 aromatic heterocycles. The number of rotatable bonds is 7. The predicted octanol–water partition coefficient (Wildman–Crippen LogP) is 4.31. The van der Waals surface area contributed by atoms with Crippen molar-refractivity contribution >= 4 is 33.4 Å². The molecule has 1 heterocycles. The lowest BCUT2D eigenvalue weighted by Crippen LogP contribution is -2.30. The lowest BCUT2D eigenvalue weighted by molar-refractivity contribution is -0.133. The van der Waals surface area contributed by atoms with Crippen LogP contribution in [-0.2, 0) is 22.5 Å². The van der Waals surface area contributed by atoms with Gasteiger partial charge in [-0.2, -0.15) is 0 Å². The van der Waals surface area contributed by atoms with E-state index in [1.807, 2.05) is 36.4 Å². The topological polar surface area (TPSA) is 59.5 Å². The number of hydrogen-bond donors (Lipinski definition) is 0. The van der Waals surface area contributed by atoms with Crippen molar-refractivity contribution in [2.75, 3.05) is 13.7 Å². The minimum atomic E-state index is -0.488. The molecule has 0 aliphatic rings. The first kappa shape index (κ1) is 20.0. The van der Waals surface area contributed by atoms with E-state index in [1.54, 1.807) is 30.5 Å². The van der Waals surface area contributed by atoms with Gasteiger partial charge >= 0.3 is 5.97 Å². The number of hydrogen-bond acceptors (Lipinski definition) is 5. The first-order chi connectivity index (χ1) is 13.4. The van der Waals surface area contributed by atoms with Gasteiger partial charge < -0.3 is 9.64 Å². The van der Waals surface area contributed by atoms with Crippen molar-refractivity contribution in [2.45, 2.75) is 26.8 Å². The molecule has 0 fully saturated rings. The first-order valence-electron chi connectivity index (χ1n) is 9.27. The summed E-state index contributed by atoms with van der Waals surface area (Å²) in [7, 11) is 1.68. The smallest absolute Gasteiger partial charge is 0.338 e. The number of nitrogens with zero attached hydrogens (tertiary/aromatic N) is 2. The maximum Gasteiger partial charge on any atom is 0.338 e. The van der Waals surface area contributed by atoms with E-state index in [0.717, 1.165) is 21.6 Å². The maximum absolute atomic E-state index is 12.3. The maximum atomic E-state index is 12.3. The zero-order valence-electron chi connectivity index (χ0n) is 16.3.